The minimum absolute atomic E-state index is 0.0203. The second-order valence-electron chi connectivity index (χ2n) is 7.64. The maximum Gasteiger partial charge on any atom is 0.295 e. The third-order valence-electron chi connectivity index (χ3n) is 5.52. The van der Waals surface area contributed by atoms with Crippen molar-refractivity contribution >= 4 is 17.4 Å². The number of aliphatic hydroxyl groups excluding tert-OH is 1. The van der Waals surface area contributed by atoms with E-state index in [0.29, 0.717) is 5.56 Å². The molecule has 1 aromatic heterocycles. The van der Waals surface area contributed by atoms with E-state index in [0.717, 1.165) is 16.7 Å². The van der Waals surface area contributed by atoms with Gasteiger partial charge in [0.2, 0.25) is 0 Å². The van der Waals surface area contributed by atoms with Crippen LogP contribution < -0.4 is 0 Å². The van der Waals surface area contributed by atoms with Crippen LogP contribution in [0, 0.1) is 19.7 Å². The van der Waals surface area contributed by atoms with Crippen LogP contribution in [0.3, 0.4) is 0 Å². The number of Topliss-reactive ketones (excluding diaryl/α,β-unsaturated/α-hetero) is 1. The molecular formula is C25H21FN2O3. The molecule has 1 saturated heterocycles. The van der Waals surface area contributed by atoms with Crippen LogP contribution in [0.25, 0.3) is 5.76 Å². The molecule has 156 valence electrons. The van der Waals surface area contributed by atoms with Crippen LogP contribution in [-0.4, -0.2) is 26.7 Å². The van der Waals surface area contributed by atoms with Gasteiger partial charge in [0.15, 0.2) is 0 Å². The fraction of sp³-hybridized carbons (Fsp3) is 0.160. The first-order valence-electron chi connectivity index (χ1n) is 9.87. The van der Waals surface area contributed by atoms with E-state index in [1.165, 1.54) is 29.2 Å². The highest BCUT2D eigenvalue weighted by atomic mass is 19.1. The van der Waals surface area contributed by atoms with E-state index in [1.807, 2.05) is 32.0 Å². The van der Waals surface area contributed by atoms with Gasteiger partial charge in [0.05, 0.1) is 11.6 Å². The first kappa shape index (κ1) is 20.5. The first-order chi connectivity index (χ1) is 14.9. The number of pyridine rings is 1. The molecule has 31 heavy (non-hydrogen) atoms. The van der Waals surface area contributed by atoms with Crippen molar-refractivity contribution in [2.24, 2.45) is 0 Å². The summed E-state index contributed by atoms with van der Waals surface area (Å²) in [7, 11) is 0. The van der Waals surface area contributed by atoms with Crippen molar-refractivity contribution in [2.45, 2.75) is 26.4 Å². The van der Waals surface area contributed by atoms with Crippen LogP contribution in [0.4, 0.5) is 4.39 Å². The fourth-order valence-electron chi connectivity index (χ4n) is 3.85. The van der Waals surface area contributed by atoms with E-state index in [1.54, 1.807) is 24.5 Å². The Labute approximate surface area is 179 Å². The molecule has 3 aromatic rings. The molecule has 1 N–H and O–H groups in total. The highest BCUT2D eigenvalue weighted by Crippen LogP contribution is 2.40. The molecule has 2 aromatic carbocycles. The topological polar surface area (TPSA) is 70.5 Å². The van der Waals surface area contributed by atoms with Crippen LogP contribution in [0.15, 0.2) is 72.6 Å². The van der Waals surface area contributed by atoms with Gasteiger partial charge in [-0.1, -0.05) is 23.8 Å². The molecule has 0 radical (unpaired) electrons. The molecule has 1 atom stereocenters. The van der Waals surface area contributed by atoms with Crippen LogP contribution >= 0.6 is 0 Å². The van der Waals surface area contributed by atoms with Gasteiger partial charge in [-0.05, 0) is 66.9 Å². The average molecular weight is 416 g/mol. The molecular weight excluding hydrogens is 395 g/mol. The summed E-state index contributed by atoms with van der Waals surface area (Å²) in [6.07, 6.45) is 3.15. The Morgan fingerprint density at radius 3 is 2.39 bits per heavy atom. The smallest absolute Gasteiger partial charge is 0.295 e. The van der Waals surface area contributed by atoms with Gasteiger partial charge in [0, 0.05) is 24.5 Å². The monoisotopic (exact) mass is 416 g/mol. The largest absolute Gasteiger partial charge is 0.507 e. The summed E-state index contributed by atoms with van der Waals surface area (Å²) in [5.41, 5.74) is 3.87. The van der Waals surface area contributed by atoms with Crippen molar-refractivity contribution in [3.63, 3.8) is 0 Å². The van der Waals surface area contributed by atoms with E-state index >= 15 is 0 Å². The standard InChI is InChI=1S/C25H21FN2O3/c1-15-3-4-16(2)19(13-15)14-28-22(17-9-11-27-12-10-17)21(24(30)25(28)31)23(29)18-5-7-20(26)8-6-18/h3-13,22,29H,14H2,1-2H3/b23-21+. The van der Waals surface area contributed by atoms with E-state index in [2.05, 4.69) is 4.98 Å². The molecule has 1 aliphatic rings. The number of halogens is 1. The number of likely N-dealkylation sites (tertiary alicyclic amines) is 1. The van der Waals surface area contributed by atoms with Gasteiger partial charge in [-0.15, -0.1) is 0 Å². The third kappa shape index (κ3) is 3.84. The number of aryl methyl sites for hydroxylation is 2. The summed E-state index contributed by atoms with van der Waals surface area (Å²) in [5, 5.41) is 11.0. The van der Waals surface area contributed by atoms with E-state index in [9.17, 15) is 19.1 Å². The van der Waals surface area contributed by atoms with Gasteiger partial charge in [-0.2, -0.15) is 0 Å². The molecule has 1 unspecified atom stereocenters. The predicted octanol–water partition coefficient (Wildman–Crippen LogP) is 4.46. The molecule has 1 fully saturated rings. The van der Waals surface area contributed by atoms with Crippen LogP contribution in [0.2, 0.25) is 0 Å². The minimum Gasteiger partial charge on any atom is -0.507 e. The number of aliphatic hydroxyl groups is 1. The lowest BCUT2D eigenvalue weighted by Crippen LogP contribution is -2.29. The Morgan fingerprint density at radius 2 is 1.71 bits per heavy atom. The van der Waals surface area contributed by atoms with Crippen molar-refractivity contribution in [3.05, 3.63) is 106 Å². The van der Waals surface area contributed by atoms with Gasteiger partial charge in [0.1, 0.15) is 11.6 Å². The Balaban J connectivity index is 1.86. The number of ketones is 1. The average Bonchev–Trinajstić information content (AvgIpc) is 3.02. The summed E-state index contributed by atoms with van der Waals surface area (Å²) in [5.74, 6) is -2.25. The number of aromatic nitrogens is 1. The number of benzene rings is 2. The molecule has 1 aliphatic heterocycles. The SMILES string of the molecule is Cc1ccc(C)c(CN2C(=O)C(=O)/C(=C(/O)c3ccc(F)cc3)C2c2ccncc2)c1. The number of carbonyl (C=O) groups is 2. The Hall–Kier alpha value is -3.80. The number of hydrogen-bond acceptors (Lipinski definition) is 4. The lowest BCUT2D eigenvalue weighted by Gasteiger charge is -2.26. The van der Waals surface area contributed by atoms with Crippen molar-refractivity contribution in [1.82, 2.24) is 9.88 Å². The molecule has 0 spiro atoms. The molecule has 1 amide bonds. The fourth-order valence-corrected chi connectivity index (χ4v) is 3.85. The summed E-state index contributed by atoms with van der Waals surface area (Å²) < 4.78 is 13.3. The summed E-state index contributed by atoms with van der Waals surface area (Å²) in [6, 6.07) is 13.7. The normalized spacial score (nSPS) is 17.9. The van der Waals surface area contributed by atoms with Gasteiger partial charge < -0.3 is 10.0 Å². The molecule has 2 heterocycles. The number of hydrogen-bond donors (Lipinski definition) is 1. The maximum absolute atomic E-state index is 13.3. The zero-order valence-electron chi connectivity index (χ0n) is 17.2. The molecule has 6 heteroatoms. The highest BCUT2D eigenvalue weighted by Gasteiger charge is 2.46. The third-order valence-corrected chi connectivity index (χ3v) is 5.52. The zero-order chi connectivity index (χ0) is 22.1. The number of amides is 1. The van der Waals surface area contributed by atoms with E-state index in [-0.39, 0.29) is 23.4 Å². The maximum atomic E-state index is 13.3. The lowest BCUT2D eigenvalue weighted by molar-refractivity contribution is -0.140. The number of carbonyl (C=O) groups excluding carboxylic acids is 2. The number of rotatable bonds is 4. The second-order valence-corrected chi connectivity index (χ2v) is 7.64. The summed E-state index contributed by atoms with van der Waals surface area (Å²) in [4.78, 5) is 31.6. The molecule has 0 saturated carbocycles. The Bertz CT molecular complexity index is 1190. The van der Waals surface area contributed by atoms with Gasteiger partial charge >= 0.3 is 0 Å². The van der Waals surface area contributed by atoms with Crippen molar-refractivity contribution in [1.29, 1.82) is 0 Å². The van der Waals surface area contributed by atoms with E-state index < -0.39 is 23.5 Å². The Kier molecular flexibility index (Phi) is 5.38. The summed E-state index contributed by atoms with van der Waals surface area (Å²) >= 11 is 0. The van der Waals surface area contributed by atoms with Crippen molar-refractivity contribution < 1.29 is 19.1 Å². The minimum atomic E-state index is -0.784. The molecule has 0 aliphatic carbocycles. The van der Waals surface area contributed by atoms with Crippen molar-refractivity contribution in [3.8, 4) is 0 Å². The number of nitrogens with zero attached hydrogens (tertiary/aromatic N) is 2. The predicted molar refractivity (Wildman–Crippen MR) is 114 cm³/mol. The van der Waals surface area contributed by atoms with Gasteiger partial charge in [0.25, 0.3) is 11.7 Å². The van der Waals surface area contributed by atoms with Gasteiger partial charge in [-0.25, -0.2) is 4.39 Å². The molecule has 5 nitrogen and oxygen atoms in total. The quantitative estimate of drug-likeness (QED) is 0.387. The van der Waals surface area contributed by atoms with E-state index in [4.69, 9.17) is 0 Å². The van der Waals surface area contributed by atoms with Crippen molar-refractivity contribution in [2.75, 3.05) is 0 Å². The molecule has 0 bridgehead atoms. The van der Waals surface area contributed by atoms with Crippen LogP contribution in [-0.2, 0) is 16.1 Å². The lowest BCUT2D eigenvalue weighted by atomic mass is 9.95. The zero-order valence-corrected chi connectivity index (χ0v) is 17.2. The molecule has 4 rings (SSSR count). The second kappa shape index (κ2) is 8.14. The van der Waals surface area contributed by atoms with Crippen LogP contribution in [0.5, 0.6) is 0 Å². The van der Waals surface area contributed by atoms with Gasteiger partial charge in [-0.3, -0.25) is 14.6 Å². The summed E-state index contributed by atoms with van der Waals surface area (Å²) in [6.45, 7) is 4.13. The Morgan fingerprint density at radius 1 is 1.03 bits per heavy atom. The van der Waals surface area contributed by atoms with Crippen LogP contribution in [0.1, 0.15) is 33.9 Å². The first-order valence-corrected chi connectivity index (χ1v) is 9.87. The highest BCUT2D eigenvalue weighted by molar-refractivity contribution is 6.46.